The van der Waals surface area contributed by atoms with Gasteiger partial charge in [0.15, 0.2) is 0 Å². The van der Waals surface area contributed by atoms with Crippen LogP contribution in [0.1, 0.15) is 17.2 Å². The summed E-state index contributed by atoms with van der Waals surface area (Å²) in [4.78, 5) is 19.8. The highest BCUT2D eigenvalue weighted by Gasteiger charge is 2.32. The molecule has 0 amide bonds. The van der Waals surface area contributed by atoms with Crippen molar-refractivity contribution in [2.75, 3.05) is 52.5 Å². The van der Waals surface area contributed by atoms with Crippen LogP contribution in [0.4, 0.5) is 0 Å². The number of benzene rings is 2. The number of carboxylic acids is 1. The molecule has 1 saturated heterocycles. The van der Waals surface area contributed by atoms with E-state index < -0.39 is 12.0 Å². The highest BCUT2D eigenvalue weighted by atomic mass is 16.5. The molecule has 3 aromatic rings. The Morgan fingerprint density at radius 2 is 1.85 bits per heavy atom. The SMILES string of the molecule is O=C(O)[C@H](c1c[nH]c2ccc(OCc3ccccc3)cc12)N1CCN(CCOCCO)CC1. The molecule has 0 spiro atoms. The first kappa shape index (κ1) is 23.3. The van der Waals surface area contributed by atoms with Crippen molar-refractivity contribution in [3.8, 4) is 5.75 Å². The van der Waals surface area contributed by atoms with Crippen molar-refractivity contribution in [2.24, 2.45) is 0 Å². The van der Waals surface area contributed by atoms with Crippen molar-refractivity contribution in [3.05, 3.63) is 65.9 Å². The Hall–Kier alpha value is -2.91. The van der Waals surface area contributed by atoms with Crippen LogP contribution in [0.25, 0.3) is 10.9 Å². The number of aliphatic hydroxyl groups excluding tert-OH is 1. The molecule has 1 aliphatic heterocycles. The van der Waals surface area contributed by atoms with E-state index in [0.29, 0.717) is 38.7 Å². The van der Waals surface area contributed by atoms with Gasteiger partial charge in [0.1, 0.15) is 18.4 Å². The van der Waals surface area contributed by atoms with Gasteiger partial charge in [-0.15, -0.1) is 0 Å². The quantitative estimate of drug-likeness (QED) is 0.384. The lowest BCUT2D eigenvalue weighted by Crippen LogP contribution is -2.49. The van der Waals surface area contributed by atoms with E-state index in [1.807, 2.05) is 53.4 Å². The minimum absolute atomic E-state index is 0.0255. The molecule has 0 bridgehead atoms. The molecule has 33 heavy (non-hydrogen) atoms. The predicted molar refractivity (Wildman–Crippen MR) is 125 cm³/mol. The van der Waals surface area contributed by atoms with Crippen molar-refractivity contribution in [3.63, 3.8) is 0 Å². The fourth-order valence-corrected chi connectivity index (χ4v) is 4.27. The fraction of sp³-hybridized carbons (Fsp3) is 0.400. The van der Waals surface area contributed by atoms with Crippen LogP contribution in [0.15, 0.2) is 54.7 Å². The minimum Gasteiger partial charge on any atom is -0.489 e. The summed E-state index contributed by atoms with van der Waals surface area (Å²) in [6, 6.07) is 15.0. The summed E-state index contributed by atoms with van der Waals surface area (Å²) in [5.74, 6) is -0.143. The van der Waals surface area contributed by atoms with Gasteiger partial charge in [0.2, 0.25) is 0 Å². The molecule has 1 aromatic heterocycles. The van der Waals surface area contributed by atoms with Crippen LogP contribution in [-0.2, 0) is 16.1 Å². The summed E-state index contributed by atoms with van der Waals surface area (Å²) in [7, 11) is 0. The average molecular weight is 454 g/mol. The summed E-state index contributed by atoms with van der Waals surface area (Å²) in [6.45, 7) is 5.05. The first-order valence-corrected chi connectivity index (χ1v) is 11.3. The number of aliphatic carboxylic acids is 1. The smallest absolute Gasteiger partial charge is 0.325 e. The van der Waals surface area contributed by atoms with Crippen molar-refractivity contribution < 1.29 is 24.5 Å². The van der Waals surface area contributed by atoms with Gasteiger partial charge >= 0.3 is 5.97 Å². The molecule has 1 aliphatic rings. The number of hydrogen-bond donors (Lipinski definition) is 3. The van der Waals surface area contributed by atoms with Gasteiger partial charge in [0, 0.05) is 55.4 Å². The summed E-state index contributed by atoms with van der Waals surface area (Å²) in [5.41, 5.74) is 2.72. The lowest BCUT2D eigenvalue weighted by Gasteiger charge is -2.37. The van der Waals surface area contributed by atoms with E-state index in [1.165, 1.54) is 0 Å². The number of H-pyrrole nitrogens is 1. The molecule has 3 N–H and O–H groups in total. The van der Waals surface area contributed by atoms with Crippen LogP contribution in [0.5, 0.6) is 5.75 Å². The monoisotopic (exact) mass is 453 g/mol. The van der Waals surface area contributed by atoms with Crippen molar-refractivity contribution in [2.45, 2.75) is 12.6 Å². The van der Waals surface area contributed by atoms with E-state index >= 15 is 0 Å². The third kappa shape index (κ3) is 5.91. The normalized spacial score (nSPS) is 16.2. The van der Waals surface area contributed by atoms with E-state index in [-0.39, 0.29) is 6.61 Å². The molecular formula is C25H31N3O5. The molecule has 1 fully saturated rings. The van der Waals surface area contributed by atoms with Crippen molar-refractivity contribution in [1.82, 2.24) is 14.8 Å². The molecule has 0 unspecified atom stereocenters. The number of carboxylic acid groups (broad SMARTS) is 1. The van der Waals surface area contributed by atoms with Gasteiger partial charge < -0.3 is 24.7 Å². The molecule has 0 aliphatic carbocycles. The van der Waals surface area contributed by atoms with Crippen LogP contribution < -0.4 is 4.74 Å². The number of nitrogens with one attached hydrogen (secondary N) is 1. The summed E-state index contributed by atoms with van der Waals surface area (Å²) < 4.78 is 11.3. The number of aromatic nitrogens is 1. The van der Waals surface area contributed by atoms with E-state index in [1.54, 1.807) is 6.20 Å². The van der Waals surface area contributed by atoms with Gasteiger partial charge in [-0.05, 0) is 23.8 Å². The maximum atomic E-state index is 12.3. The number of carbonyl (C=O) groups is 1. The molecule has 2 heterocycles. The van der Waals surface area contributed by atoms with Gasteiger partial charge in [0.25, 0.3) is 0 Å². The summed E-state index contributed by atoms with van der Waals surface area (Å²) in [5, 5.41) is 19.8. The molecule has 1 atom stereocenters. The minimum atomic E-state index is -0.855. The van der Waals surface area contributed by atoms with Crippen LogP contribution in [-0.4, -0.2) is 83.5 Å². The first-order chi connectivity index (χ1) is 16.2. The molecular weight excluding hydrogens is 422 g/mol. The van der Waals surface area contributed by atoms with E-state index in [0.717, 1.165) is 41.7 Å². The standard InChI is InChI=1S/C25H31N3O5/c29-13-15-32-14-12-27-8-10-28(11-9-27)24(25(30)31)22-17-26-23-7-6-20(16-21(22)23)33-18-19-4-2-1-3-5-19/h1-7,16-17,24,26,29H,8-15,18H2,(H,30,31)/t24-/m0/s1. The topological polar surface area (TPSA) is 98.3 Å². The van der Waals surface area contributed by atoms with E-state index in [4.69, 9.17) is 14.6 Å². The maximum absolute atomic E-state index is 12.3. The Morgan fingerprint density at radius 3 is 2.58 bits per heavy atom. The number of nitrogens with zero attached hydrogens (tertiary/aromatic N) is 2. The second-order valence-corrected chi connectivity index (χ2v) is 8.18. The van der Waals surface area contributed by atoms with Crippen LogP contribution >= 0.6 is 0 Å². The largest absolute Gasteiger partial charge is 0.489 e. The number of piperazine rings is 1. The van der Waals surface area contributed by atoms with Gasteiger partial charge in [-0.25, -0.2) is 0 Å². The third-order valence-corrected chi connectivity index (χ3v) is 6.02. The lowest BCUT2D eigenvalue weighted by molar-refractivity contribution is -0.144. The lowest BCUT2D eigenvalue weighted by atomic mass is 10.0. The zero-order valence-corrected chi connectivity index (χ0v) is 18.7. The number of ether oxygens (including phenoxy) is 2. The Bertz CT molecular complexity index is 1030. The average Bonchev–Trinajstić information content (AvgIpc) is 3.25. The highest BCUT2D eigenvalue weighted by Crippen LogP contribution is 2.32. The Morgan fingerprint density at radius 1 is 1.06 bits per heavy atom. The second-order valence-electron chi connectivity index (χ2n) is 8.18. The Labute approximate surface area is 193 Å². The number of aromatic amines is 1. The summed E-state index contributed by atoms with van der Waals surface area (Å²) in [6.07, 6.45) is 1.81. The molecule has 0 saturated carbocycles. The first-order valence-electron chi connectivity index (χ1n) is 11.3. The molecule has 8 nitrogen and oxygen atoms in total. The highest BCUT2D eigenvalue weighted by molar-refractivity contribution is 5.90. The summed E-state index contributed by atoms with van der Waals surface area (Å²) >= 11 is 0. The molecule has 4 rings (SSSR count). The Balaban J connectivity index is 1.44. The van der Waals surface area contributed by atoms with Gasteiger partial charge in [-0.2, -0.15) is 0 Å². The molecule has 176 valence electrons. The second kappa shape index (κ2) is 11.3. The number of hydrogen-bond acceptors (Lipinski definition) is 6. The third-order valence-electron chi connectivity index (χ3n) is 6.02. The number of rotatable bonds is 11. The van der Waals surface area contributed by atoms with Gasteiger partial charge in [-0.3, -0.25) is 14.6 Å². The number of aliphatic hydroxyl groups is 1. The fourth-order valence-electron chi connectivity index (χ4n) is 4.27. The zero-order chi connectivity index (χ0) is 23.0. The molecule has 0 radical (unpaired) electrons. The van der Waals surface area contributed by atoms with Gasteiger partial charge in [-0.1, -0.05) is 30.3 Å². The van der Waals surface area contributed by atoms with Crippen molar-refractivity contribution >= 4 is 16.9 Å². The van der Waals surface area contributed by atoms with Crippen LogP contribution in [0.3, 0.4) is 0 Å². The van der Waals surface area contributed by atoms with Crippen molar-refractivity contribution in [1.29, 1.82) is 0 Å². The zero-order valence-electron chi connectivity index (χ0n) is 18.7. The Kier molecular flexibility index (Phi) is 7.96. The van der Waals surface area contributed by atoms with E-state index in [9.17, 15) is 9.90 Å². The predicted octanol–water partition coefficient (Wildman–Crippen LogP) is 2.50. The van der Waals surface area contributed by atoms with Crippen LogP contribution in [0.2, 0.25) is 0 Å². The molecule has 2 aromatic carbocycles. The number of fused-ring (bicyclic) bond motifs is 1. The molecule has 8 heteroatoms. The van der Waals surface area contributed by atoms with Crippen LogP contribution in [0, 0.1) is 0 Å². The van der Waals surface area contributed by atoms with Gasteiger partial charge in [0.05, 0.1) is 19.8 Å². The van der Waals surface area contributed by atoms with E-state index in [2.05, 4.69) is 9.88 Å². The maximum Gasteiger partial charge on any atom is 0.325 e.